The zero-order chi connectivity index (χ0) is 12.2. The van der Waals surface area contributed by atoms with Gasteiger partial charge in [0.2, 0.25) is 5.92 Å². The molecule has 16 heavy (non-hydrogen) atoms. The van der Waals surface area contributed by atoms with Gasteiger partial charge in [-0.25, -0.2) is 8.78 Å². The third-order valence-corrected chi connectivity index (χ3v) is 2.01. The highest BCUT2D eigenvalue weighted by molar-refractivity contribution is 5.90. The molecule has 5 nitrogen and oxygen atoms in total. The number of carbonyl (C=O) groups excluding carboxylic acids is 1. The molecule has 0 bridgehead atoms. The van der Waals surface area contributed by atoms with E-state index >= 15 is 0 Å². The molecule has 1 amide bonds. The number of hydrogen-bond acceptors (Lipinski definition) is 3. The Morgan fingerprint density at radius 2 is 2.25 bits per heavy atom. The first-order chi connectivity index (χ1) is 7.38. The first-order valence-electron chi connectivity index (χ1n) is 4.96. The summed E-state index contributed by atoms with van der Waals surface area (Å²) in [6, 6.07) is 0. The molecule has 0 aliphatic rings. The minimum atomic E-state index is -2.63. The Labute approximate surface area is 91.6 Å². The summed E-state index contributed by atoms with van der Waals surface area (Å²) in [5.74, 6) is -3.28. The number of primary amides is 1. The fourth-order valence-electron chi connectivity index (χ4n) is 1.21. The average Bonchev–Trinajstić information content (AvgIpc) is 2.59. The van der Waals surface area contributed by atoms with Crippen LogP contribution >= 0.6 is 0 Å². The monoisotopic (exact) mass is 232 g/mol. The maximum Gasteiger partial charge on any atom is 0.270 e. The minimum absolute atomic E-state index is 0.0841. The molecule has 90 valence electrons. The molecule has 0 saturated carbocycles. The van der Waals surface area contributed by atoms with Crippen molar-refractivity contribution in [2.75, 3.05) is 0 Å². The van der Waals surface area contributed by atoms with Crippen LogP contribution in [0.15, 0.2) is 6.20 Å². The Balaban J connectivity index is 2.30. The molecule has 7 heteroatoms. The van der Waals surface area contributed by atoms with Gasteiger partial charge in [-0.05, 0) is 19.8 Å². The van der Waals surface area contributed by atoms with Crippen molar-refractivity contribution in [1.29, 1.82) is 0 Å². The van der Waals surface area contributed by atoms with Crippen molar-refractivity contribution in [3.8, 4) is 0 Å². The van der Waals surface area contributed by atoms with E-state index in [4.69, 9.17) is 5.73 Å². The van der Waals surface area contributed by atoms with E-state index < -0.39 is 11.8 Å². The normalized spacial score (nSPS) is 11.7. The van der Waals surface area contributed by atoms with E-state index in [-0.39, 0.29) is 12.1 Å². The van der Waals surface area contributed by atoms with Gasteiger partial charge in [0.15, 0.2) is 5.69 Å². The van der Waals surface area contributed by atoms with Crippen LogP contribution in [0.5, 0.6) is 0 Å². The van der Waals surface area contributed by atoms with Crippen LogP contribution in [0.4, 0.5) is 8.78 Å². The highest BCUT2D eigenvalue weighted by Gasteiger charge is 2.19. The SMILES string of the molecule is CC(F)(F)CCCCn1ncc(C(N)=O)n1. The lowest BCUT2D eigenvalue weighted by Gasteiger charge is -2.08. The summed E-state index contributed by atoms with van der Waals surface area (Å²) >= 11 is 0. The minimum Gasteiger partial charge on any atom is -0.364 e. The van der Waals surface area contributed by atoms with E-state index in [0.29, 0.717) is 19.4 Å². The van der Waals surface area contributed by atoms with Crippen molar-refractivity contribution in [3.05, 3.63) is 11.9 Å². The maximum absolute atomic E-state index is 12.5. The molecule has 1 aromatic heterocycles. The molecule has 1 aromatic rings. The first kappa shape index (κ1) is 12.5. The van der Waals surface area contributed by atoms with Crippen LogP contribution in [0.1, 0.15) is 36.7 Å². The summed E-state index contributed by atoms with van der Waals surface area (Å²) < 4.78 is 24.9. The number of aromatic nitrogens is 3. The number of carbonyl (C=O) groups is 1. The zero-order valence-electron chi connectivity index (χ0n) is 8.99. The third kappa shape index (κ3) is 4.33. The molecule has 0 atom stereocenters. The molecule has 0 radical (unpaired) electrons. The molecule has 0 aliphatic carbocycles. The van der Waals surface area contributed by atoms with Crippen LogP contribution in [0, 0.1) is 0 Å². The van der Waals surface area contributed by atoms with E-state index in [2.05, 4.69) is 10.2 Å². The van der Waals surface area contributed by atoms with Crippen LogP contribution in [-0.2, 0) is 6.54 Å². The van der Waals surface area contributed by atoms with E-state index in [1.165, 1.54) is 11.0 Å². The molecule has 1 rings (SSSR count). The Bertz CT molecular complexity index is 359. The van der Waals surface area contributed by atoms with Crippen molar-refractivity contribution in [3.63, 3.8) is 0 Å². The zero-order valence-corrected chi connectivity index (χ0v) is 8.99. The standard InChI is InChI=1S/C9H14F2N4O/c1-9(10,11)4-2-3-5-15-13-6-7(14-15)8(12)16/h6H,2-5H2,1H3,(H2,12,16). The first-order valence-corrected chi connectivity index (χ1v) is 4.96. The van der Waals surface area contributed by atoms with E-state index in [1.807, 2.05) is 0 Å². The number of amides is 1. The van der Waals surface area contributed by atoms with Gasteiger partial charge < -0.3 is 5.73 Å². The quantitative estimate of drug-likeness (QED) is 0.749. The van der Waals surface area contributed by atoms with Gasteiger partial charge in [0, 0.05) is 6.42 Å². The van der Waals surface area contributed by atoms with Crippen LogP contribution in [0.25, 0.3) is 0 Å². The van der Waals surface area contributed by atoms with Gasteiger partial charge >= 0.3 is 0 Å². The molecule has 1 heterocycles. The van der Waals surface area contributed by atoms with Gasteiger partial charge in [0.05, 0.1) is 12.7 Å². The lowest BCUT2D eigenvalue weighted by Crippen LogP contribution is -2.13. The lowest BCUT2D eigenvalue weighted by atomic mass is 10.1. The highest BCUT2D eigenvalue weighted by Crippen LogP contribution is 2.19. The fraction of sp³-hybridized carbons (Fsp3) is 0.667. The predicted octanol–water partition coefficient (Wildman–Crippen LogP) is 1.20. The molecular weight excluding hydrogens is 218 g/mol. The third-order valence-electron chi connectivity index (χ3n) is 2.01. The van der Waals surface area contributed by atoms with Crippen molar-refractivity contribution in [2.45, 2.75) is 38.7 Å². The van der Waals surface area contributed by atoms with Gasteiger partial charge in [-0.3, -0.25) is 4.79 Å². The Hall–Kier alpha value is -1.53. The van der Waals surface area contributed by atoms with Gasteiger partial charge in [0.1, 0.15) is 0 Å². The van der Waals surface area contributed by atoms with Crippen molar-refractivity contribution < 1.29 is 13.6 Å². The molecular formula is C9H14F2N4O. The number of hydrogen-bond donors (Lipinski definition) is 1. The number of nitrogens with two attached hydrogens (primary N) is 1. The second-order valence-corrected chi connectivity index (χ2v) is 3.72. The number of alkyl halides is 2. The topological polar surface area (TPSA) is 73.8 Å². The molecule has 0 saturated heterocycles. The second kappa shape index (κ2) is 5.00. The van der Waals surface area contributed by atoms with Gasteiger partial charge in [-0.1, -0.05) is 0 Å². The highest BCUT2D eigenvalue weighted by atomic mass is 19.3. The maximum atomic E-state index is 12.5. The number of nitrogens with zero attached hydrogens (tertiary/aromatic N) is 3. The molecule has 0 fully saturated rings. The summed E-state index contributed by atoms with van der Waals surface area (Å²) in [6.45, 7) is 1.30. The smallest absolute Gasteiger partial charge is 0.270 e. The number of halogens is 2. The Morgan fingerprint density at radius 1 is 1.56 bits per heavy atom. The molecule has 0 unspecified atom stereocenters. The fourth-order valence-corrected chi connectivity index (χ4v) is 1.21. The van der Waals surface area contributed by atoms with Crippen LogP contribution in [-0.4, -0.2) is 26.8 Å². The van der Waals surface area contributed by atoms with Crippen molar-refractivity contribution in [2.24, 2.45) is 5.73 Å². The van der Waals surface area contributed by atoms with E-state index in [9.17, 15) is 13.6 Å². The number of unbranched alkanes of at least 4 members (excludes halogenated alkanes) is 1. The number of aryl methyl sites for hydroxylation is 1. The second-order valence-electron chi connectivity index (χ2n) is 3.72. The lowest BCUT2D eigenvalue weighted by molar-refractivity contribution is 0.0101. The summed E-state index contributed by atoms with van der Waals surface area (Å²) in [4.78, 5) is 12.0. The van der Waals surface area contributed by atoms with Gasteiger partial charge in [-0.15, -0.1) is 5.10 Å². The number of rotatable bonds is 6. The van der Waals surface area contributed by atoms with Crippen LogP contribution in [0.3, 0.4) is 0 Å². The average molecular weight is 232 g/mol. The largest absolute Gasteiger partial charge is 0.364 e. The van der Waals surface area contributed by atoms with Gasteiger partial charge in [0.25, 0.3) is 5.91 Å². The summed E-state index contributed by atoms with van der Waals surface area (Å²) in [5.41, 5.74) is 5.07. The predicted molar refractivity (Wildman–Crippen MR) is 53.0 cm³/mol. The van der Waals surface area contributed by atoms with E-state index in [1.54, 1.807) is 0 Å². The van der Waals surface area contributed by atoms with Crippen LogP contribution < -0.4 is 5.73 Å². The molecule has 0 aliphatic heterocycles. The van der Waals surface area contributed by atoms with Crippen molar-refractivity contribution >= 4 is 5.91 Å². The van der Waals surface area contributed by atoms with Crippen molar-refractivity contribution in [1.82, 2.24) is 15.0 Å². The molecule has 2 N–H and O–H groups in total. The summed E-state index contributed by atoms with van der Waals surface area (Å²) in [7, 11) is 0. The molecule has 0 aromatic carbocycles. The molecule has 0 spiro atoms. The van der Waals surface area contributed by atoms with Gasteiger partial charge in [-0.2, -0.15) is 9.90 Å². The van der Waals surface area contributed by atoms with E-state index in [0.717, 1.165) is 6.92 Å². The Morgan fingerprint density at radius 3 is 2.75 bits per heavy atom. The Kier molecular flexibility index (Phi) is 3.92. The summed E-state index contributed by atoms with van der Waals surface area (Å²) in [6.07, 6.45) is 2.03. The summed E-state index contributed by atoms with van der Waals surface area (Å²) in [5, 5.41) is 7.58. The van der Waals surface area contributed by atoms with Crippen LogP contribution in [0.2, 0.25) is 0 Å².